The van der Waals surface area contributed by atoms with E-state index in [1.165, 1.54) is 19.1 Å². The van der Waals surface area contributed by atoms with E-state index in [4.69, 9.17) is 0 Å². The lowest BCUT2D eigenvalue weighted by Gasteiger charge is -2.11. The van der Waals surface area contributed by atoms with E-state index in [0.717, 1.165) is 27.7 Å². The Morgan fingerprint density at radius 3 is 2.38 bits per heavy atom. The maximum atomic E-state index is 11.6. The van der Waals surface area contributed by atoms with E-state index in [1.807, 2.05) is 30.5 Å². The number of non-ortho nitro benzene ring substituents is 1. The molecule has 6 nitrogen and oxygen atoms in total. The average molecular weight is 323 g/mol. The molecule has 1 aromatic heterocycles. The lowest BCUT2D eigenvalue weighted by molar-refractivity contribution is -0.384. The molecule has 0 aliphatic heterocycles. The van der Waals surface area contributed by atoms with Crippen LogP contribution in [0.15, 0.2) is 42.5 Å². The lowest BCUT2D eigenvalue weighted by Crippen LogP contribution is -2.11. The van der Waals surface area contributed by atoms with Crippen molar-refractivity contribution in [3.8, 4) is 5.69 Å². The molecule has 1 heterocycles. The van der Waals surface area contributed by atoms with Crippen molar-refractivity contribution in [2.24, 2.45) is 0 Å². The highest BCUT2D eigenvalue weighted by molar-refractivity contribution is 5.98. The average Bonchev–Trinajstić information content (AvgIpc) is 2.79. The molecule has 0 spiro atoms. The fourth-order valence-corrected chi connectivity index (χ4v) is 2.87. The molecule has 0 fully saturated rings. The predicted molar refractivity (Wildman–Crippen MR) is 93.7 cm³/mol. The van der Waals surface area contributed by atoms with Crippen LogP contribution in [-0.4, -0.2) is 15.4 Å². The molecule has 0 saturated heterocycles. The van der Waals surface area contributed by atoms with E-state index in [-0.39, 0.29) is 11.6 Å². The topological polar surface area (TPSA) is 77.2 Å². The number of carbonyl (C=O) groups excluding carboxylic acids is 1. The monoisotopic (exact) mass is 323 g/mol. The van der Waals surface area contributed by atoms with Crippen molar-refractivity contribution >= 4 is 28.3 Å². The smallest absolute Gasteiger partial charge is 0.269 e. The molecule has 6 heteroatoms. The zero-order valence-electron chi connectivity index (χ0n) is 13.7. The molecule has 0 unspecified atom stereocenters. The lowest BCUT2D eigenvalue weighted by atomic mass is 10.1. The molecular formula is C18H17N3O3. The Morgan fingerprint density at radius 2 is 1.79 bits per heavy atom. The van der Waals surface area contributed by atoms with Crippen LogP contribution in [0.4, 0.5) is 11.5 Å². The Morgan fingerprint density at radius 1 is 1.12 bits per heavy atom. The third-order valence-electron chi connectivity index (χ3n) is 3.99. The normalized spacial score (nSPS) is 10.8. The summed E-state index contributed by atoms with van der Waals surface area (Å²) >= 11 is 0. The van der Waals surface area contributed by atoms with E-state index in [9.17, 15) is 14.9 Å². The minimum absolute atomic E-state index is 0.0313. The first kappa shape index (κ1) is 15.7. The number of nitro benzene ring substituents is 1. The van der Waals surface area contributed by atoms with Gasteiger partial charge < -0.3 is 5.32 Å². The van der Waals surface area contributed by atoms with Crippen molar-refractivity contribution in [2.45, 2.75) is 20.8 Å². The van der Waals surface area contributed by atoms with Crippen molar-refractivity contribution in [1.29, 1.82) is 0 Å². The number of fused-ring (bicyclic) bond motifs is 1. The Bertz CT molecular complexity index is 956. The number of carbonyl (C=O) groups is 1. The number of aromatic nitrogens is 1. The second-order valence-corrected chi connectivity index (χ2v) is 5.78. The number of amides is 1. The second-order valence-electron chi connectivity index (χ2n) is 5.78. The first-order valence-corrected chi connectivity index (χ1v) is 7.52. The van der Waals surface area contributed by atoms with Gasteiger partial charge in [-0.05, 0) is 43.7 Å². The third kappa shape index (κ3) is 2.62. The summed E-state index contributed by atoms with van der Waals surface area (Å²) in [6.07, 6.45) is 0. The molecule has 122 valence electrons. The Hall–Kier alpha value is -3.15. The van der Waals surface area contributed by atoms with Crippen molar-refractivity contribution in [3.05, 3.63) is 63.7 Å². The molecule has 0 aliphatic carbocycles. The number of nitro groups is 1. The molecule has 3 rings (SSSR count). The summed E-state index contributed by atoms with van der Waals surface area (Å²) in [6.45, 7) is 5.43. The van der Waals surface area contributed by atoms with Crippen LogP contribution in [-0.2, 0) is 4.79 Å². The molecule has 0 atom stereocenters. The second kappa shape index (κ2) is 5.81. The number of rotatable bonds is 3. The Labute approximate surface area is 138 Å². The van der Waals surface area contributed by atoms with E-state index in [0.29, 0.717) is 5.82 Å². The Balaban J connectivity index is 2.28. The van der Waals surface area contributed by atoms with Crippen molar-refractivity contribution < 1.29 is 9.72 Å². The van der Waals surface area contributed by atoms with Gasteiger partial charge in [-0.25, -0.2) is 0 Å². The summed E-state index contributed by atoms with van der Waals surface area (Å²) in [4.78, 5) is 22.0. The van der Waals surface area contributed by atoms with Crippen molar-refractivity contribution in [1.82, 2.24) is 4.57 Å². The fraction of sp³-hybridized carbons (Fsp3) is 0.167. The fourth-order valence-electron chi connectivity index (χ4n) is 2.87. The quantitative estimate of drug-likeness (QED) is 0.582. The van der Waals surface area contributed by atoms with Crippen LogP contribution in [0.5, 0.6) is 0 Å². The van der Waals surface area contributed by atoms with E-state index >= 15 is 0 Å². The van der Waals surface area contributed by atoms with Gasteiger partial charge in [0.2, 0.25) is 5.91 Å². The van der Waals surface area contributed by atoms with Crippen LogP contribution in [0.3, 0.4) is 0 Å². The van der Waals surface area contributed by atoms with Gasteiger partial charge in [0, 0.05) is 30.1 Å². The van der Waals surface area contributed by atoms with Crippen LogP contribution in [0.25, 0.3) is 16.6 Å². The molecule has 3 aromatic rings. The van der Waals surface area contributed by atoms with Crippen LogP contribution in [0.2, 0.25) is 0 Å². The number of nitrogens with one attached hydrogen (secondary N) is 1. The molecule has 0 aliphatic rings. The summed E-state index contributed by atoms with van der Waals surface area (Å²) in [5, 5.41) is 14.8. The summed E-state index contributed by atoms with van der Waals surface area (Å²) in [5.74, 6) is 0.512. The van der Waals surface area contributed by atoms with Crippen molar-refractivity contribution in [3.63, 3.8) is 0 Å². The van der Waals surface area contributed by atoms with Gasteiger partial charge in [-0.3, -0.25) is 19.5 Å². The molecule has 0 saturated carbocycles. The molecular weight excluding hydrogens is 306 g/mol. The molecule has 1 N–H and O–H groups in total. The SMILES string of the molecule is CC(=O)Nc1c(C)c2cc(C)ccc2n1-c1ccc([N+](=O)[O-])cc1. The standard InChI is InChI=1S/C18H17N3O3/c1-11-4-9-17-16(10-11)12(2)18(19-13(3)22)20(17)14-5-7-15(8-6-14)21(23)24/h4-10H,1-3H3,(H,19,22). The third-order valence-corrected chi connectivity index (χ3v) is 3.99. The summed E-state index contributed by atoms with van der Waals surface area (Å²) in [5.41, 5.74) is 3.81. The predicted octanol–water partition coefficient (Wildman–Crippen LogP) is 4.11. The highest BCUT2D eigenvalue weighted by Crippen LogP contribution is 2.34. The number of benzene rings is 2. The zero-order chi connectivity index (χ0) is 17.4. The van der Waals surface area contributed by atoms with Crippen LogP contribution in [0, 0.1) is 24.0 Å². The zero-order valence-corrected chi connectivity index (χ0v) is 13.7. The number of anilines is 1. The van der Waals surface area contributed by atoms with Gasteiger partial charge in [-0.2, -0.15) is 0 Å². The summed E-state index contributed by atoms with van der Waals surface area (Å²) in [7, 11) is 0. The minimum atomic E-state index is -0.430. The van der Waals surface area contributed by atoms with Crippen LogP contribution < -0.4 is 5.32 Å². The van der Waals surface area contributed by atoms with Gasteiger partial charge in [-0.15, -0.1) is 0 Å². The number of hydrogen-bond acceptors (Lipinski definition) is 3. The van der Waals surface area contributed by atoms with Gasteiger partial charge in [-0.1, -0.05) is 11.6 Å². The maximum absolute atomic E-state index is 11.6. The van der Waals surface area contributed by atoms with Gasteiger partial charge >= 0.3 is 0 Å². The van der Waals surface area contributed by atoms with Crippen LogP contribution in [0.1, 0.15) is 18.1 Å². The molecule has 1 amide bonds. The minimum Gasteiger partial charge on any atom is -0.312 e. The molecule has 2 aromatic carbocycles. The first-order valence-electron chi connectivity index (χ1n) is 7.52. The van der Waals surface area contributed by atoms with E-state index < -0.39 is 4.92 Å². The van der Waals surface area contributed by atoms with E-state index in [2.05, 4.69) is 11.4 Å². The maximum Gasteiger partial charge on any atom is 0.269 e. The first-order chi connectivity index (χ1) is 11.4. The molecule has 0 bridgehead atoms. The van der Waals surface area contributed by atoms with Gasteiger partial charge in [0.25, 0.3) is 5.69 Å². The highest BCUT2D eigenvalue weighted by atomic mass is 16.6. The largest absolute Gasteiger partial charge is 0.312 e. The van der Waals surface area contributed by atoms with Gasteiger partial charge in [0.05, 0.1) is 10.4 Å². The Kier molecular flexibility index (Phi) is 3.81. The van der Waals surface area contributed by atoms with Crippen molar-refractivity contribution in [2.75, 3.05) is 5.32 Å². The van der Waals surface area contributed by atoms with Crippen LogP contribution >= 0.6 is 0 Å². The number of hydrogen-bond donors (Lipinski definition) is 1. The van der Waals surface area contributed by atoms with E-state index in [1.54, 1.807) is 12.1 Å². The highest BCUT2D eigenvalue weighted by Gasteiger charge is 2.17. The van der Waals surface area contributed by atoms with Gasteiger partial charge in [0.1, 0.15) is 5.82 Å². The number of nitrogens with zero attached hydrogens (tertiary/aromatic N) is 2. The summed E-state index contributed by atoms with van der Waals surface area (Å²) in [6, 6.07) is 12.3. The van der Waals surface area contributed by atoms with Gasteiger partial charge in [0.15, 0.2) is 0 Å². The summed E-state index contributed by atoms with van der Waals surface area (Å²) < 4.78 is 1.91. The number of aryl methyl sites for hydroxylation is 2. The molecule has 0 radical (unpaired) electrons. The molecule has 24 heavy (non-hydrogen) atoms.